The molecule has 10 heteroatoms. The van der Waals surface area contributed by atoms with Crippen LogP contribution >= 0.6 is 0 Å². The maximum atomic E-state index is 13.0. The molecule has 0 fully saturated rings. The van der Waals surface area contributed by atoms with Gasteiger partial charge in [0.05, 0.1) is 28.6 Å². The molecule has 1 heterocycles. The van der Waals surface area contributed by atoms with Crippen LogP contribution in [-0.4, -0.2) is 33.6 Å². The molecule has 4 N–H and O–H groups in total. The van der Waals surface area contributed by atoms with E-state index in [0.29, 0.717) is 16.0 Å². The second-order valence-electron chi connectivity index (χ2n) is 6.14. The van der Waals surface area contributed by atoms with Crippen molar-refractivity contribution in [1.82, 2.24) is 4.57 Å². The number of carbonyl (C=O) groups is 2. The normalized spacial score (nSPS) is 10.7. The summed E-state index contributed by atoms with van der Waals surface area (Å²) >= 11 is 0. The number of benzene rings is 2. The van der Waals surface area contributed by atoms with Crippen LogP contribution in [0.15, 0.2) is 36.4 Å². The Balaban J connectivity index is 2.19. The number of rotatable bonds is 5. The third-order valence-corrected chi connectivity index (χ3v) is 4.51. The number of nitro benzene ring substituents is 1. The highest BCUT2D eigenvalue weighted by molar-refractivity contribution is 6.19. The molecule has 1 aromatic heterocycles. The summed E-state index contributed by atoms with van der Waals surface area (Å²) in [6.07, 6.45) is 0.754. The molecule has 0 radical (unpaired) electrons. The van der Waals surface area contributed by atoms with E-state index in [0.717, 1.165) is 12.0 Å². The number of anilines is 1. The van der Waals surface area contributed by atoms with Crippen molar-refractivity contribution < 1.29 is 24.4 Å². The second kappa shape index (κ2) is 7.50. The summed E-state index contributed by atoms with van der Waals surface area (Å²) in [5, 5.41) is 24.3. The maximum Gasteiger partial charge on any atom is 0.326 e. The lowest BCUT2D eigenvalue weighted by Crippen LogP contribution is -2.19. The van der Waals surface area contributed by atoms with Gasteiger partial charge in [0.15, 0.2) is 0 Å². The van der Waals surface area contributed by atoms with Crippen LogP contribution in [0.3, 0.4) is 0 Å². The van der Waals surface area contributed by atoms with Crippen molar-refractivity contribution in [1.29, 1.82) is 0 Å². The topological polar surface area (TPSA) is 150 Å². The Kier molecular flexibility index (Phi) is 5.09. The molecule has 0 unspecified atom stereocenters. The van der Waals surface area contributed by atoms with Gasteiger partial charge < -0.3 is 20.9 Å². The van der Waals surface area contributed by atoms with Crippen molar-refractivity contribution in [3.05, 3.63) is 57.6 Å². The third kappa shape index (κ3) is 3.31. The van der Waals surface area contributed by atoms with E-state index in [2.05, 4.69) is 5.32 Å². The molecule has 0 aliphatic carbocycles. The zero-order valence-corrected chi connectivity index (χ0v) is 15.6. The van der Waals surface area contributed by atoms with E-state index in [1.54, 1.807) is 18.2 Å². The third-order valence-electron chi connectivity index (χ3n) is 4.51. The summed E-state index contributed by atoms with van der Waals surface area (Å²) < 4.78 is 5.93. The van der Waals surface area contributed by atoms with Crippen LogP contribution < -0.4 is 15.8 Å². The number of fused-ring (bicyclic) bond motifs is 1. The van der Waals surface area contributed by atoms with Crippen LogP contribution in [0.2, 0.25) is 0 Å². The van der Waals surface area contributed by atoms with Crippen molar-refractivity contribution in [2.45, 2.75) is 13.3 Å². The van der Waals surface area contributed by atoms with Gasteiger partial charge in [-0.05, 0) is 30.2 Å². The Labute approximate surface area is 164 Å². The summed E-state index contributed by atoms with van der Waals surface area (Å²) in [5.41, 5.74) is 5.63. The number of methoxy groups -OCH3 is 1. The van der Waals surface area contributed by atoms with Gasteiger partial charge in [0, 0.05) is 6.07 Å². The fourth-order valence-corrected chi connectivity index (χ4v) is 3.14. The largest absolute Gasteiger partial charge is 0.495 e. The Bertz CT molecular complexity index is 1150. The van der Waals surface area contributed by atoms with Gasteiger partial charge >= 0.3 is 6.03 Å². The zero-order chi connectivity index (χ0) is 21.3. The number of nitro groups is 1. The van der Waals surface area contributed by atoms with Crippen LogP contribution in [0.4, 0.5) is 16.2 Å². The van der Waals surface area contributed by atoms with E-state index in [1.165, 1.54) is 25.3 Å². The first-order valence-corrected chi connectivity index (χ1v) is 8.59. The van der Waals surface area contributed by atoms with Gasteiger partial charge in [-0.2, -0.15) is 0 Å². The number of non-ortho nitro benzene ring substituents is 1. The molecule has 0 atom stereocenters. The van der Waals surface area contributed by atoms with E-state index < -0.39 is 34.0 Å². The van der Waals surface area contributed by atoms with Gasteiger partial charge in [0.2, 0.25) is 5.88 Å². The number of hydrogen-bond donors (Lipinski definition) is 3. The van der Waals surface area contributed by atoms with Gasteiger partial charge in [-0.25, -0.2) is 9.36 Å². The predicted molar refractivity (Wildman–Crippen MR) is 106 cm³/mol. The molecular formula is C19H18N4O6. The van der Waals surface area contributed by atoms with Gasteiger partial charge in [0.1, 0.15) is 11.3 Å². The number of primary amides is 1. The molecule has 0 saturated carbocycles. The van der Waals surface area contributed by atoms with Crippen LogP contribution in [-0.2, 0) is 6.42 Å². The molecule has 3 rings (SSSR count). The van der Waals surface area contributed by atoms with Crippen LogP contribution in [0.1, 0.15) is 22.8 Å². The average molecular weight is 398 g/mol. The van der Waals surface area contributed by atoms with E-state index in [1.807, 2.05) is 6.92 Å². The van der Waals surface area contributed by atoms with E-state index in [9.17, 15) is 24.8 Å². The summed E-state index contributed by atoms with van der Waals surface area (Å²) in [6.45, 7) is 1.96. The number of aromatic nitrogens is 1. The Morgan fingerprint density at radius 3 is 2.62 bits per heavy atom. The first kappa shape index (κ1) is 19.7. The molecule has 0 saturated heterocycles. The number of nitrogens with two attached hydrogens (primary N) is 1. The first-order valence-electron chi connectivity index (χ1n) is 8.59. The van der Waals surface area contributed by atoms with Gasteiger partial charge in [-0.3, -0.25) is 14.9 Å². The molecule has 0 aliphatic heterocycles. The summed E-state index contributed by atoms with van der Waals surface area (Å²) in [5.74, 6) is -1.27. The molecule has 2 aromatic carbocycles. The number of hydrogen-bond acceptors (Lipinski definition) is 6. The molecule has 0 aliphatic rings. The SMILES string of the molecule is CCc1ccc(NC(=O)c2c(O)n(C(N)=O)c3cccc([N+](=O)[O-])c23)c(OC)c1. The van der Waals surface area contributed by atoms with Crippen molar-refractivity contribution in [3.8, 4) is 11.6 Å². The standard InChI is InChI=1S/C19H18N4O6/c1-3-10-7-8-11(14(9-10)29-2)21-17(24)16-15-12(22(18(16)25)19(20)26)5-4-6-13(15)23(27)28/h4-9,25H,3H2,1-2H3,(H2,20,26)(H,21,24). The molecule has 3 aromatic rings. The number of ether oxygens (including phenoxy) is 1. The van der Waals surface area contributed by atoms with Gasteiger partial charge in [-0.1, -0.05) is 19.1 Å². The Hall–Kier alpha value is -4.08. The Morgan fingerprint density at radius 1 is 1.31 bits per heavy atom. The summed E-state index contributed by atoms with van der Waals surface area (Å²) in [4.78, 5) is 35.5. The lowest BCUT2D eigenvalue weighted by molar-refractivity contribution is -0.383. The fraction of sp³-hybridized carbons (Fsp3) is 0.158. The lowest BCUT2D eigenvalue weighted by Gasteiger charge is -2.11. The molecular weight excluding hydrogens is 380 g/mol. The monoisotopic (exact) mass is 398 g/mol. The van der Waals surface area contributed by atoms with Crippen LogP contribution in [0.25, 0.3) is 10.9 Å². The van der Waals surface area contributed by atoms with Crippen LogP contribution in [0, 0.1) is 10.1 Å². The number of nitrogens with one attached hydrogen (secondary N) is 1. The number of amides is 2. The smallest absolute Gasteiger partial charge is 0.326 e. The molecule has 0 bridgehead atoms. The number of nitrogens with zero attached hydrogens (tertiary/aromatic N) is 2. The highest BCUT2D eigenvalue weighted by Crippen LogP contribution is 2.38. The summed E-state index contributed by atoms with van der Waals surface area (Å²) in [7, 11) is 1.44. The van der Waals surface area contributed by atoms with E-state index in [4.69, 9.17) is 10.5 Å². The molecule has 29 heavy (non-hydrogen) atoms. The second-order valence-corrected chi connectivity index (χ2v) is 6.14. The molecule has 2 amide bonds. The highest BCUT2D eigenvalue weighted by Gasteiger charge is 2.30. The number of aryl methyl sites for hydroxylation is 1. The van der Waals surface area contributed by atoms with Crippen molar-refractivity contribution >= 4 is 34.2 Å². The molecule has 10 nitrogen and oxygen atoms in total. The lowest BCUT2D eigenvalue weighted by atomic mass is 10.1. The quantitative estimate of drug-likeness (QED) is 0.444. The predicted octanol–water partition coefficient (Wildman–Crippen LogP) is 3.01. The van der Waals surface area contributed by atoms with Gasteiger partial charge in [-0.15, -0.1) is 0 Å². The average Bonchev–Trinajstić information content (AvgIpc) is 2.99. The Morgan fingerprint density at radius 2 is 2.03 bits per heavy atom. The number of aromatic hydroxyl groups is 1. The van der Waals surface area contributed by atoms with E-state index in [-0.39, 0.29) is 10.9 Å². The zero-order valence-electron chi connectivity index (χ0n) is 15.6. The molecule has 0 spiro atoms. The minimum Gasteiger partial charge on any atom is -0.495 e. The van der Waals surface area contributed by atoms with Crippen molar-refractivity contribution in [2.24, 2.45) is 5.73 Å². The first-order chi connectivity index (χ1) is 13.8. The van der Waals surface area contributed by atoms with Crippen molar-refractivity contribution in [3.63, 3.8) is 0 Å². The minimum atomic E-state index is -1.09. The fourth-order valence-electron chi connectivity index (χ4n) is 3.14. The van der Waals surface area contributed by atoms with Gasteiger partial charge in [0.25, 0.3) is 11.6 Å². The van der Waals surface area contributed by atoms with Crippen LogP contribution in [0.5, 0.6) is 11.6 Å². The summed E-state index contributed by atoms with van der Waals surface area (Å²) in [6, 6.07) is 7.90. The molecule has 150 valence electrons. The van der Waals surface area contributed by atoms with E-state index >= 15 is 0 Å². The highest BCUT2D eigenvalue weighted by atomic mass is 16.6. The maximum absolute atomic E-state index is 13.0. The minimum absolute atomic E-state index is 0.0531. The van der Waals surface area contributed by atoms with Crippen molar-refractivity contribution in [2.75, 3.05) is 12.4 Å². The number of carbonyl (C=O) groups excluding carboxylic acids is 2.